The predicted molar refractivity (Wildman–Crippen MR) is 114 cm³/mol. The number of piperidine rings is 1. The molecule has 0 bridgehead atoms. The van der Waals surface area contributed by atoms with Gasteiger partial charge in [0.25, 0.3) is 0 Å². The minimum absolute atomic E-state index is 0.0198. The molecule has 1 heterocycles. The topological polar surface area (TPSA) is 32.3 Å². The molecule has 1 amide bonds. The summed E-state index contributed by atoms with van der Waals surface area (Å²) in [5.41, 5.74) is 3.33. The molecule has 1 N–H and O–H groups in total. The number of rotatable bonds is 6. The van der Waals surface area contributed by atoms with Crippen LogP contribution in [0.3, 0.4) is 0 Å². The summed E-state index contributed by atoms with van der Waals surface area (Å²) in [7, 11) is 0. The summed E-state index contributed by atoms with van der Waals surface area (Å²) in [6.07, 6.45) is 4.87. The summed E-state index contributed by atoms with van der Waals surface area (Å²) in [6.45, 7) is 4.29. The van der Waals surface area contributed by atoms with E-state index < -0.39 is 0 Å². The van der Waals surface area contributed by atoms with Gasteiger partial charge in [0.15, 0.2) is 0 Å². The van der Waals surface area contributed by atoms with Crippen molar-refractivity contribution < 1.29 is 4.79 Å². The van der Waals surface area contributed by atoms with Gasteiger partial charge in [-0.2, -0.15) is 0 Å². The maximum Gasteiger partial charge on any atom is 0.220 e. The fourth-order valence-corrected chi connectivity index (χ4v) is 4.00. The monoisotopic (exact) mass is 404 g/mol. The van der Waals surface area contributed by atoms with Crippen LogP contribution < -0.4 is 10.2 Å². The molecule has 0 spiro atoms. The summed E-state index contributed by atoms with van der Waals surface area (Å²) >= 11 is 12.1. The number of nitrogens with one attached hydrogen (secondary N) is 1. The molecule has 144 valence electrons. The number of halogens is 2. The van der Waals surface area contributed by atoms with Crippen molar-refractivity contribution in [3.63, 3.8) is 0 Å². The van der Waals surface area contributed by atoms with Gasteiger partial charge in [0.05, 0.1) is 6.04 Å². The Morgan fingerprint density at radius 2 is 1.78 bits per heavy atom. The summed E-state index contributed by atoms with van der Waals surface area (Å²) < 4.78 is 0. The van der Waals surface area contributed by atoms with E-state index in [0.717, 1.165) is 24.2 Å². The smallest absolute Gasteiger partial charge is 0.220 e. The Balaban J connectivity index is 1.51. The molecule has 0 radical (unpaired) electrons. The van der Waals surface area contributed by atoms with Crippen LogP contribution in [0.2, 0.25) is 10.0 Å². The van der Waals surface area contributed by atoms with Gasteiger partial charge in [0, 0.05) is 35.2 Å². The molecular formula is C22H26Cl2N2O. The van der Waals surface area contributed by atoms with Crippen molar-refractivity contribution >= 4 is 34.8 Å². The molecule has 1 aliphatic rings. The van der Waals surface area contributed by atoms with E-state index in [0.29, 0.717) is 22.9 Å². The number of anilines is 1. The second-order valence-electron chi connectivity index (χ2n) is 7.16. The summed E-state index contributed by atoms with van der Waals surface area (Å²) in [5.74, 6) is 0.0219. The van der Waals surface area contributed by atoms with Gasteiger partial charge in [-0.1, -0.05) is 41.4 Å². The van der Waals surface area contributed by atoms with Crippen LogP contribution in [-0.2, 0) is 11.2 Å². The summed E-state index contributed by atoms with van der Waals surface area (Å²) in [6, 6.07) is 13.9. The van der Waals surface area contributed by atoms with Crippen LogP contribution in [0, 0.1) is 0 Å². The van der Waals surface area contributed by atoms with Crippen molar-refractivity contribution in [3.05, 3.63) is 63.6 Å². The van der Waals surface area contributed by atoms with Gasteiger partial charge in [-0.25, -0.2) is 0 Å². The molecular weight excluding hydrogens is 379 g/mol. The second-order valence-corrected chi connectivity index (χ2v) is 8.01. The molecule has 27 heavy (non-hydrogen) atoms. The van der Waals surface area contributed by atoms with Gasteiger partial charge in [0.2, 0.25) is 5.91 Å². The lowest BCUT2D eigenvalue weighted by Gasteiger charge is -2.29. The quantitative estimate of drug-likeness (QED) is 0.659. The van der Waals surface area contributed by atoms with Crippen molar-refractivity contribution in [2.45, 2.75) is 45.1 Å². The van der Waals surface area contributed by atoms with Crippen LogP contribution in [0.5, 0.6) is 0 Å². The van der Waals surface area contributed by atoms with E-state index in [4.69, 9.17) is 23.2 Å². The Labute approximate surface area is 171 Å². The van der Waals surface area contributed by atoms with Crippen LogP contribution >= 0.6 is 23.2 Å². The molecule has 0 aliphatic carbocycles. The zero-order chi connectivity index (χ0) is 19.2. The number of aryl methyl sites for hydroxylation is 1. The van der Waals surface area contributed by atoms with Crippen molar-refractivity contribution in [3.8, 4) is 0 Å². The molecule has 1 aliphatic heterocycles. The maximum atomic E-state index is 12.3. The molecule has 0 aromatic heterocycles. The Kier molecular flexibility index (Phi) is 7.03. The zero-order valence-electron chi connectivity index (χ0n) is 15.7. The lowest BCUT2D eigenvalue weighted by molar-refractivity contribution is -0.121. The fourth-order valence-electron chi connectivity index (χ4n) is 3.50. The highest BCUT2D eigenvalue weighted by molar-refractivity contribution is 6.35. The largest absolute Gasteiger partial charge is 0.372 e. The van der Waals surface area contributed by atoms with E-state index in [1.165, 1.54) is 24.9 Å². The van der Waals surface area contributed by atoms with Gasteiger partial charge in [-0.05, 0) is 68.0 Å². The number of hydrogen-bond donors (Lipinski definition) is 1. The lowest BCUT2D eigenvalue weighted by Crippen LogP contribution is -2.29. The van der Waals surface area contributed by atoms with Crippen molar-refractivity contribution in [2.75, 3.05) is 18.0 Å². The van der Waals surface area contributed by atoms with E-state index in [9.17, 15) is 4.79 Å². The molecule has 1 fully saturated rings. The maximum absolute atomic E-state index is 12.3. The molecule has 0 unspecified atom stereocenters. The summed E-state index contributed by atoms with van der Waals surface area (Å²) in [5, 5.41) is 4.29. The van der Waals surface area contributed by atoms with Gasteiger partial charge in [0.1, 0.15) is 0 Å². The van der Waals surface area contributed by atoms with Crippen LogP contribution in [0.4, 0.5) is 5.69 Å². The van der Waals surface area contributed by atoms with Gasteiger partial charge in [-0.3, -0.25) is 4.79 Å². The highest BCUT2D eigenvalue weighted by Crippen LogP contribution is 2.24. The van der Waals surface area contributed by atoms with E-state index in [1.807, 2.05) is 13.0 Å². The predicted octanol–water partition coefficient (Wildman–Crippen LogP) is 5.79. The van der Waals surface area contributed by atoms with Crippen LogP contribution in [0.15, 0.2) is 42.5 Å². The Morgan fingerprint density at radius 3 is 2.44 bits per heavy atom. The number of benzene rings is 2. The first-order valence-electron chi connectivity index (χ1n) is 9.61. The standard InChI is InChI=1S/C22H26Cl2N2O/c1-16(17-6-10-20(11-7-17)26-13-3-2-4-14-26)25-22(27)12-8-18-5-9-19(23)15-21(18)24/h5-7,9-11,15-16H,2-4,8,12-14H2,1H3,(H,25,27)/t16-/m0/s1. The van der Waals surface area contributed by atoms with E-state index in [-0.39, 0.29) is 11.9 Å². The van der Waals surface area contributed by atoms with Crippen LogP contribution in [0.25, 0.3) is 0 Å². The summed E-state index contributed by atoms with van der Waals surface area (Å²) in [4.78, 5) is 14.7. The molecule has 5 heteroatoms. The highest BCUT2D eigenvalue weighted by atomic mass is 35.5. The molecule has 3 rings (SSSR count). The number of carbonyl (C=O) groups excluding carboxylic acids is 1. The molecule has 2 aromatic carbocycles. The van der Waals surface area contributed by atoms with Gasteiger partial charge < -0.3 is 10.2 Å². The first-order chi connectivity index (χ1) is 13.0. The average Bonchev–Trinajstić information content (AvgIpc) is 2.68. The molecule has 2 aromatic rings. The second kappa shape index (κ2) is 9.48. The number of carbonyl (C=O) groups is 1. The number of hydrogen-bond acceptors (Lipinski definition) is 2. The van der Waals surface area contributed by atoms with Crippen LogP contribution in [0.1, 0.15) is 49.8 Å². The van der Waals surface area contributed by atoms with E-state index >= 15 is 0 Å². The molecule has 1 atom stereocenters. The fraction of sp³-hybridized carbons (Fsp3) is 0.409. The Bertz CT molecular complexity index is 770. The Morgan fingerprint density at radius 1 is 1.07 bits per heavy atom. The molecule has 0 saturated carbocycles. The third-order valence-corrected chi connectivity index (χ3v) is 5.72. The van der Waals surface area contributed by atoms with Crippen molar-refractivity contribution in [2.24, 2.45) is 0 Å². The third-order valence-electron chi connectivity index (χ3n) is 5.13. The van der Waals surface area contributed by atoms with Crippen LogP contribution in [-0.4, -0.2) is 19.0 Å². The Hall–Kier alpha value is -1.71. The molecule has 3 nitrogen and oxygen atoms in total. The van der Waals surface area contributed by atoms with E-state index in [2.05, 4.69) is 34.5 Å². The first-order valence-corrected chi connectivity index (χ1v) is 10.4. The number of nitrogens with zero attached hydrogens (tertiary/aromatic N) is 1. The minimum Gasteiger partial charge on any atom is -0.372 e. The zero-order valence-corrected chi connectivity index (χ0v) is 17.2. The molecule has 1 saturated heterocycles. The van der Waals surface area contributed by atoms with E-state index in [1.54, 1.807) is 12.1 Å². The average molecular weight is 405 g/mol. The first kappa shape index (κ1) is 20.0. The SMILES string of the molecule is C[C@H](NC(=O)CCc1ccc(Cl)cc1Cl)c1ccc(N2CCCCC2)cc1. The van der Waals surface area contributed by atoms with Gasteiger partial charge >= 0.3 is 0 Å². The van der Waals surface area contributed by atoms with Crippen molar-refractivity contribution in [1.82, 2.24) is 5.32 Å². The lowest BCUT2D eigenvalue weighted by atomic mass is 10.1. The van der Waals surface area contributed by atoms with Crippen molar-refractivity contribution in [1.29, 1.82) is 0 Å². The normalized spacial score (nSPS) is 15.4. The highest BCUT2D eigenvalue weighted by Gasteiger charge is 2.13. The van der Waals surface area contributed by atoms with Gasteiger partial charge in [-0.15, -0.1) is 0 Å². The third kappa shape index (κ3) is 5.63. The number of amides is 1. The minimum atomic E-state index is -0.0198.